The van der Waals surface area contributed by atoms with Crippen LogP contribution in [0, 0.1) is 13.8 Å². The normalized spacial score (nSPS) is 11.0. The van der Waals surface area contributed by atoms with E-state index in [2.05, 4.69) is 29.0 Å². The van der Waals surface area contributed by atoms with Gasteiger partial charge in [0.05, 0.1) is 5.39 Å². The summed E-state index contributed by atoms with van der Waals surface area (Å²) in [5.41, 5.74) is 2.31. The van der Waals surface area contributed by atoms with E-state index < -0.39 is 0 Å². The van der Waals surface area contributed by atoms with Crippen molar-refractivity contribution in [2.75, 3.05) is 0 Å². The van der Waals surface area contributed by atoms with Gasteiger partial charge in [0.1, 0.15) is 10.6 Å². The Morgan fingerprint density at radius 3 is 2.48 bits per heavy atom. The van der Waals surface area contributed by atoms with Crippen molar-refractivity contribution in [3.63, 3.8) is 0 Å². The van der Waals surface area contributed by atoms with Gasteiger partial charge in [-0.1, -0.05) is 13.0 Å². The van der Waals surface area contributed by atoms with Crippen LogP contribution in [0.5, 0.6) is 11.6 Å². The summed E-state index contributed by atoms with van der Waals surface area (Å²) >= 11 is 7.64. The molecule has 108 valence electrons. The fourth-order valence-electron chi connectivity index (χ4n) is 2.28. The largest absolute Gasteiger partial charge is 0.438 e. The van der Waals surface area contributed by atoms with Gasteiger partial charge in [-0.2, -0.15) is 4.98 Å². The summed E-state index contributed by atoms with van der Waals surface area (Å²) in [4.78, 5) is 10.6. The number of benzene rings is 1. The first-order valence-corrected chi connectivity index (χ1v) is 7.96. The van der Waals surface area contributed by atoms with Crippen molar-refractivity contribution in [2.24, 2.45) is 0 Å². The molecule has 0 fully saturated rings. The van der Waals surface area contributed by atoms with Crippen molar-refractivity contribution in [1.82, 2.24) is 9.97 Å². The number of hydrogen-bond donors (Lipinski definition) is 0. The average Bonchev–Trinajstić information content (AvgIpc) is 2.80. The predicted molar refractivity (Wildman–Crippen MR) is 87.8 cm³/mol. The van der Waals surface area contributed by atoms with Gasteiger partial charge in [0.25, 0.3) is 0 Å². The second-order valence-corrected chi connectivity index (χ2v) is 6.46. The highest BCUT2D eigenvalue weighted by Crippen LogP contribution is 2.34. The molecule has 0 aliphatic rings. The minimum atomic E-state index is 0.214. The van der Waals surface area contributed by atoms with Gasteiger partial charge in [-0.15, -0.1) is 11.3 Å². The maximum absolute atomic E-state index is 6.01. The minimum Gasteiger partial charge on any atom is -0.438 e. The van der Waals surface area contributed by atoms with E-state index in [1.807, 2.05) is 26.0 Å². The standard InChI is InChI=1S/C16H15ClN2OS/c1-4-12-8-13-14(18-16(17)19-15(13)21-12)20-11-6-9(2)5-10(3)7-11/h5-8H,4H2,1-3H3. The molecule has 0 spiro atoms. The maximum Gasteiger partial charge on any atom is 0.232 e. The van der Waals surface area contributed by atoms with Gasteiger partial charge in [0, 0.05) is 4.88 Å². The number of halogens is 1. The number of fused-ring (bicyclic) bond motifs is 1. The van der Waals surface area contributed by atoms with E-state index in [9.17, 15) is 0 Å². The number of rotatable bonds is 3. The Balaban J connectivity index is 2.08. The van der Waals surface area contributed by atoms with Crippen LogP contribution in [0.25, 0.3) is 10.2 Å². The van der Waals surface area contributed by atoms with Crippen LogP contribution in [0.15, 0.2) is 24.3 Å². The van der Waals surface area contributed by atoms with Crippen LogP contribution in [0.4, 0.5) is 0 Å². The molecule has 0 bridgehead atoms. The number of aryl methyl sites for hydroxylation is 3. The Morgan fingerprint density at radius 1 is 1.10 bits per heavy atom. The number of nitrogens with zero attached hydrogens (tertiary/aromatic N) is 2. The molecule has 0 aliphatic carbocycles. The van der Waals surface area contributed by atoms with Gasteiger partial charge >= 0.3 is 0 Å². The van der Waals surface area contributed by atoms with Crippen LogP contribution < -0.4 is 4.74 Å². The monoisotopic (exact) mass is 318 g/mol. The molecule has 3 aromatic rings. The van der Waals surface area contributed by atoms with Crippen molar-refractivity contribution in [1.29, 1.82) is 0 Å². The van der Waals surface area contributed by atoms with Crippen molar-refractivity contribution in [3.05, 3.63) is 45.6 Å². The lowest BCUT2D eigenvalue weighted by atomic mass is 10.1. The van der Waals surface area contributed by atoms with E-state index in [1.165, 1.54) is 4.88 Å². The van der Waals surface area contributed by atoms with Gasteiger partial charge in [0.15, 0.2) is 0 Å². The summed E-state index contributed by atoms with van der Waals surface area (Å²) in [7, 11) is 0. The molecule has 0 aliphatic heterocycles. The molecule has 3 rings (SSSR count). The summed E-state index contributed by atoms with van der Waals surface area (Å²) in [6, 6.07) is 8.16. The smallest absolute Gasteiger partial charge is 0.232 e. The van der Waals surface area contributed by atoms with Crippen molar-refractivity contribution >= 4 is 33.2 Å². The van der Waals surface area contributed by atoms with E-state index in [0.29, 0.717) is 5.88 Å². The molecule has 0 unspecified atom stereocenters. The van der Waals surface area contributed by atoms with E-state index in [0.717, 1.165) is 33.5 Å². The highest BCUT2D eigenvalue weighted by molar-refractivity contribution is 7.18. The first-order chi connectivity index (χ1) is 10.0. The second-order valence-electron chi connectivity index (χ2n) is 5.01. The first kappa shape index (κ1) is 14.3. The van der Waals surface area contributed by atoms with Crippen molar-refractivity contribution < 1.29 is 4.74 Å². The molecular formula is C16H15ClN2OS. The summed E-state index contributed by atoms with van der Waals surface area (Å²) < 4.78 is 5.96. The second kappa shape index (κ2) is 5.62. The van der Waals surface area contributed by atoms with Gasteiger partial charge in [0.2, 0.25) is 11.2 Å². The third kappa shape index (κ3) is 3.01. The highest BCUT2D eigenvalue weighted by atomic mass is 35.5. The average molecular weight is 319 g/mol. The fraction of sp³-hybridized carbons (Fsp3) is 0.250. The maximum atomic E-state index is 6.01. The molecule has 0 saturated carbocycles. The summed E-state index contributed by atoms with van der Waals surface area (Å²) in [6.07, 6.45) is 0.960. The van der Waals surface area contributed by atoms with E-state index in [4.69, 9.17) is 16.3 Å². The fourth-order valence-corrected chi connectivity index (χ4v) is 3.45. The molecule has 1 aromatic carbocycles. The number of thiophene rings is 1. The number of ether oxygens (including phenoxy) is 1. The molecule has 0 N–H and O–H groups in total. The molecular weight excluding hydrogens is 304 g/mol. The van der Waals surface area contributed by atoms with Crippen LogP contribution >= 0.6 is 22.9 Å². The van der Waals surface area contributed by atoms with Crippen molar-refractivity contribution in [2.45, 2.75) is 27.2 Å². The molecule has 0 saturated heterocycles. The Kier molecular flexibility index (Phi) is 3.83. The Labute approximate surface area is 132 Å². The third-order valence-electron chi connectivity index (χ3n) is 3.14. The number of aromatic nitrogens is 2. The van der Waals surface area contributed by atoms with Gasteiger partial charge < -0.3 is 4.74 Å². The SMILES string of the molecule is CCc1cc2c(Oc3cc(C)cc(C)c3)nc(Cl)nc2s1. The Bertz CT molecular complexity index is 793. The van der Waals surface area contributed by atoms with E-state index >= 15 is 0 Å². The van der Waals surface area contributed by atoms with Gasteiger partial charge in [-0.25, -0.2) is 4.98 Å². The van der Waals surface area contributed by atoms with E-state index in [1.54, 1.807) is 11.3 Å². The summed E-state index contributed by atoms with van der Waals surface area (Å²) in [5, 5.41) is 1.13. The predicted octanol–water partition coefficient (Wildman–Crippen LogP) is 5.32. The molecule has 2 heterocycles. The topological polar surface area (TPSA) is 35.0 Å². The highest BCUT2D eigenvalue weighted by Gasteiger charge is 2.13. The van der Waals surface area contributed by atoms with Gasteiger partial charge in [-0.3, -0.25) is 0 Å². The zero-order valence-corrected chi connectivity index (χ0v) is 13.7. The van der Waals surface area contributed by atoms with Crippen LogP contribution in [0.1, 0.15) is 22.9 Å². The van der Waals surface area contributed by atoms with Crippen LogP contribution in [0.3, 0.4) is 0 Å². The molecule has 5 heteroatoms. The minimum absolute atomic E-state index is 0.214. The van der Waals surface area contributed by atoms with Gasteiger partial charge in [-0.05, 0) is 61.2 Å². The third-order valence-corrected chi connectivity index (χ3v) is 4.48. The molecule has 0 amide bonds. The lowest BCUT2D eigenvalue weighted by molar-refractivity contribution is 0.467. The van der Waals surface area contributed by atoms with Crippen LogP contribution in [0.2, 0.25) is 5.28 Å². The van der Waals surface area contributed by atoms with Crippen LogP contribution in [-0.2, 0) is 6.42 Å². The van der Waals surface area contributed by atoms with Crippen LogP contribution in [-0.4, -0.2) is 9.97 Å². The zero-order chi connectivity index (χ0) is 15.0. The lowest BCUT2D eigenvalue weighted by Gasteiger charge is -2.08. The van der Waals surface area contributed by atoms with Crippen molar-refractivity contribution in [3.8, 4) is 11.6 Å². The molecule has 3 nitrogen and oxygen atoms in total. The van der Waals surface area contributed by atoms with E-state index in [-0.39, 0.29) is 5.28 Å². The quantitative estimate of drug-likeness (QED) is 0.613. The molecule has 0 atom stereocenters. The summed E-state index contributed by atoms with van der Waals surface area (Å²) in [5.74, 6) is 1.29. The zero-order valence-electron chi connectivity index (χ0n) is 12.1. The lowest BCUT2D eigenvalue weighted by Crippen LogP contribution is -1.92. The first-order valence-electron chi connectivity index (χ1n) is 6.77. The molecule has 21 heavy (non-hydrogen) atoms. The Morgan fingerprint density at radius 2 is 1.81 bits per heavy atom. The number of hydrogen-bond acceptors (Lipinski definition) is 4. The summed E-state index contributed by atoms with van der Waals surface area (Å²) in [6.45, 7) is 6.20. The molecule has 2 aromatic heterocycles. The Hall–Kier alpha value is -1.65. The molecule has 0 radical (unpaired) electrons.